The number of benzene rings is 6. The fourth-order valence-electron chi connectivity index (χ4n) is 8.12. The van der Waals surface area contributed by atoms with Gasteiger partial charge < -0.3 is 8.83 Å². The van der Waals surface area contributed by atoms with Crippen LogP contribution >= 0.6 is 0 Å². The minimum atomic E-state index is 0.0856. The van der Waals surface area contributed by atoms with Crippen LogP contribution in [0.2, 0.25) is 0 Å². The number of furan rings is 2. The molecule has 0 unspecified atom stereocenters. The van der Waals surface area contributed by atoms with Gasteiger partial charge in [0.15, 0.2) is 0 Å². The zero-order valence-electron chi connectivity index (χ0n) is 31.0. The first-order valence-electron chi connectivity index (χ1n) is 18.6. The molecular weight excluding hydrogens is 637 g/mol. The summed E-state index contributed by atoms with van der Waals surface area (Å²) in [4.78, 5) is 5.52. The van der Waals surface area contributed by atoms with Gasteiger partial charge in [-0.1, -0.05) is 121 Å². The number of hydrogen-bond donors (Lipinski definition) is 0. The van der Waals surface area contributed by atoms with Gasteiger partial charge in [-0.05, 0) is 94.0 Å². The molecule has 3 aromatic heterocycles. The van der Waals surface area contributed by atoms with Crippen LogP contribution in [0, 0.1) is 5.41 Å². The lowest BCUT2D eigenvalue weighted by Crippen LogP contribution is -2.13. The Hall–Kier alpha value is -5.61. The summed E-state index contributed by atoms with van der Waals surface area (Å²) in [5, 5.41) is 4.24. The predicted octanol–water partition coefficient (Wildman–Crippen LogP) is 14.0. The summed E-state index contributed by atoms with van der Waals surface area (Å²) in [6, 6.07) is 41.2. The molecule has 0 bridgehead atoms. The Morgan fingerprint density at radius 3 is 1.94 bits per heavy atom. The molecule has 258 valence electrons. The molecule has 52 heavy (non-hydrogen) atoms. The van der Waals surface area contributed by atoms with Crippen molar-refractivity contribution >= 4 is 54.9 Å². The van der Waals surface area contributed by atoms with E-state index in [-0.39, 0.29) is 17.3 Å². The minimum absolute atomic E-state index is 0.0856. The molecule has 0 aliphatic rings. The van der Waals surface area contributed by atoms with E-state index in [1.807, 2.05) is 12.1 Å². The van der Waals surface area contributed by atoms with Crippen LogP contribution in [0.25, 0.3) is 83.1 Å². The van der Waals surface area contributed by atoms with Crippen molar-refractivity contribution in [1.29, 1.82) is 0 Å². The minimum Gasteiger partial charge on any atom is -0.456 e. The van der Waals surface area contributed by atoms with Gasteiger partial charge in [0.25, 0.3) is 0 Å². The van der Waals surface area contributed by atoms with Crippen molar-refractivity contribution in [2.75, 3.05) is 0 Å². The summed E-state index contributed by atoms with van der Waals surface area (Å²) in [5.41, 5.74) is 14.2. The number of hydrogen-bond acceptors (Lipinski definition) is 3. The van der Waals surface area contributed by atoms with E-state index < -0.39 is 0 Å². The molecule has 4 heteroatoms. The zero-order chi connectivity index (χ0) is 35.9. The standard InChI is InChI=1S/C48H44N2O2/c1-28(2)36-23-32(30-15-9-8-10-16-30)24-37(29(3)4)45(36)50-44-31(27-48(5,6)7)17-13-21-40(44)49-47(50)35-20-14-19-34-39-26-42-38(25-43(39)52-46(34)35)33-18-11-12-22-41(33)51-42/h8-26,28-29H,27H2,1-7H3. The Balaban J connectivity index is 1.39. The Labute approximate surface area is 304 Å². The van der Waals surface area contributed by atoms with Crippen molar-refractivity contribution in [2.45, 2.75) is 66.7 Å². The number of aromatic nitrogens is 2. The number of fused-ring (bicyclic) bond motifs is 7. The highest BCUT2D eigenvalue weighted by Gasteiger charge is 2.28. The van der Waals surface area contributed by atoms with Gasteiger partial charge >= 0.3 is 0 Å². The van der Waals surface area contributed by atoms with E-state index in [0.29, 0.717) is 0 Å². The van der Waals surface area contributed by atoms with Crippen LogP contribution in [0.4, 0.5) is 0 Å². The molecular formula is C48H44N2O2. The molecule has 6 aromatic carbocycles. The van der Waals surface area contributed by atoms with Gasteiger partial charge in [0, 0.05) is 21.5 Å². The third kappa shape index (κ3) is 5.23. The summed E-state index contributed by atoms with van der Waals surface area (Å²) in [5.74, 6) is 1.43. The molecule has 0 saturated carbocycles. The maximum Gasteiger partial charge on any atom is 0.149 e. The van der Waals surface area contributed by atoms with Gasteiger partial charge in [-0.15, -0.1) is 0 Å². The molecule has 0 aliphatic heterocycles. The molecule has 0 aliphatic carbocycles. The van der Waals surface area contributed by atoms with Crippen molar-refractivity contribution in [3.8, 4) is 28.2 Å². The van der Waals surface area contributed by atoms with E-state index in [0.717, 1.165) is 67.2 Å². The van der Waals surface area contributed by atoms with E-state index in [1.165, 1.54) is 39.0 Å². The van der Waals surface area contributed by atoms with E-state index in [4.69, 9.17) is 13.8 Å². The monoisotopic (exact) mass is 680 g/mol. The average molecular weight is 681 g/mol. The first-order chi connectivity index (χ1) is 25.1. The second-order valence-corrected chi connectivity index (χ2v) is 16.2. The summed E-state index contributed by atoms with van der Waals surface area (Å²) >= 11 is 0. The number of rotatable bonds is 6. The smallest absolute Gasteiger partial charge is 0.149 e. The zero-order valence-corrected chi connectivity index (χ0v) is 31.0. The highest BCUT2D eigenvalue weighted by atomic mass is 16.3. The summed E-state index contributed by atoms with van der Waals surface area (Å²) in [7, 11) is 0. The molecule has 9 aromatic rings. The van der Waals surface area contributed by atoms with Crippen LogP contribution in [0.15, 0.2) is 124 Å². The van der Waals surface area contributed by atoms with Gasteiger partial charge in [-0.25, -0.2) is 4.98 Å². The summed E-state index contributed by atoms with van der Waals surface area (Å²) < 4.78 is 15.7. The van der Waals surface area contributed by atoms with Gasteiger partial charge in [-0.2, -0.15) is 0 Å². The molecule has 0 atom stereocenters. The topological polar surface area (TPSA) is 44.1 Å². The van der Waals surface area contributed by atoms with Crippen molar-refractivity contribution in [3.63, 3.8) is 0 Å². The molecule has 0 spiro atoms. The molecule has 9 rings (SSSR count). The number of para-hydroxylation sites is 3. The van der Waals surface area contributed by atoms with Crippen LogP contribution in [0.3, 0.4) is 0 Å². The lowest BCUT2D eigenvalue weighted by Gasteiger charge is -2.26. The van der Waals surface area contributed by atoms with Gasteiger partial charge in [0.05, 0.1) is 22.3 Å². The Kier molecular flexibility index (Phi) is 7.45. The molecule has 0 N–H and O–H groups in total. The summed E-state index contributed by atoms with van der Waals surface area (Å²) in [6.07, 6.45) is 0.924. The Bertz CT molecular complexity index is 2770. The Morgan fingerprint density at radius 2 is 1.23 bits per heavy atom. The molecule has 0 radical (unpaired) electrons. The van der Waals surface area contributed by atoms with Gasteiger partial charge in [0.2, 0.25) is 0 Å². The third-order valence-electron chi connectivity index (χ3n) is 10.5. The SMILES string of the molecule is CC(C)c1cc(-c2ccccc2)cc(C(C)C)c1-n1c(-c2cccc3c2oc2cc4c(cc23)oc2ccccc24)nc2cccc(CC(C)(C)C)c21. The normalized spacial score (nSPS) is 12.6. The van der Waals surface area contributed by atoms with Crippen molar-refractivity contribution in [3.05, 3.63) is 132 Å². The number of nitrogens with zero attached hydrogens (tertiary/aromatic N) is 2. The fourth-order valence-corrected chi connectivity index (χ4v) is 8.12. The number of imidazole rings is 1. The van der Waals surface area contributed by atoms with Crippen molar-refractivity contribution < 1.29 is 8.83 Å². The first-order valence-corrected chi connectivity index (χ1v) is 18.6. The Morgan fingerprint density at radius 1 is 0.596 bits per heavy atom. The van der Waals surface area contributed by atoms with E-state index in [1.54, 1.807) is 0 Å². The maximum absolute atomic E-state index is 6.90. The van der Waals surface area contributed by atoms with E-state index in [2.05, 4.69) is 156 Å². The highest BCUT2D eigenvalue weighted by Crippen LogP contribution is 2.44. The van der Waals surface area contributed by atoms with Gasteiger partial charge in [-0.3, -0.25) is 4.57 Å². The largest absolute Gasteiger partial charge is 0.456 e. The molecule has 0 saturated heterocycles. The van der Waals surface area contributed by atoms with Crippen LogP contribution in [-0.2, 0) is 6.42 Å². The predicted molar refractivity (Wildman–Crippen MR) is 218 cm³/mol. The second-order valence-electron chi connectivity index (χ2n) is 16.2. The average Bonchev–Trinajstić information content (AvgIpc) is 3.81. The molecule has 0 fully saturated rings. The quantitative estimate of drug-likeness (QED) is 0.176. The van der Waals surface area contributed by atoms with E-state index >= 15 is 0 Å². The van der Waals surface area contributed by atoms with Crippen LogP contribution in [-0.4, -0.2) is 9.55 Å². The second kappa shape index (κ2) is 12.0. The van der Waals surface area contributed by atoms with Crippen molar-refractivity contribution in [2.24, 2.45) is 5.41 Å². The lowest BCUT2D eigenvalue weighted by atomic mass is 9.86. The highest BCUT2D eigenvalue weighted by molar-refractivity contribution is 6.16. The fraction of sp³-hybridized carbons (Fsp3) is 0.229. The first kappa shape index (κ1) is 32.3. The molecule has 4 nitrogen and oxygen atoms in total. The molecule has 3 heterocycles. The van der Waals surface area contributed by atoms with Crippen LogP contribution in [0.1, 0.15) is 77.0 Å². The van der Waals surface area contributed by atoms with Gasteiger partial charge in [0.1, 0.15) is 28.2 Å². The lowest BCUT2D eigenvalue weighted by molar-refractivity contribution is 0.412. The van der Waals surface area contributed by atoms with Crippen LogP contribution in [0.5, 0.6) is 0 Å². The van der Waals surface area contributed by atoms with E-state index in [9.17, 15) is 0 Å². The maximum atomic E-state index is 6.90. The molecule has 0 amide bonds. The van der Waals surface area contributed by atoms with Crippen molar-refractivity contribution in [1.82, 2.24) is 9.55 Å². The summed E-state index contributed by atoms with van der Waals surface area (Å²) in [6.45, 7) is 16.2. The van der Waals surface area contributed by atoms with Crippen LogP contribution < -0.4 is 0 Å². The third-order valence-corrected chi connectivity index (χ3v) is 10.5.